The monoisotopic (exact) mass is 435 g/mol. The highest BCUT2D eigenvalue weighted by molar-refractivity contribution is 9.10. The number of ether oxygens (including phenoxy) is 1. The standard InChI is InChI=1S/C16H17BrClF2N3O2/c1-10(5-6-19)7-15(25-9-20)21-11(2)22-16(24)23-14-4-3-12(17)8-13(14)18/h3-4,7-8H,2,5-6,9H2,1H3,(H2,22,23,24)/b10-7+,21-15?. The van der Waals surface area contributed by atoms with Gasteiger partial charge in [-0.1, -0.05) is 39.7 Å². The van der Waals surface area contributed by atoms with Gasteiger partial charge in [0.1, 0.15) is 5.82 Å². The maximum absolute atomic E-state index is 12.4. The number of amides is 2. The first-order chi connectivity index (χ1) is 11.8. The number of carbonyl (C=O) groups excluding carboxylic acids is 1. The Hall–Kier alpha value is -1.93. The van der Waals surface area contributed by atoms with Gasteiger partial charge in [-0.05, 0) is 37.6 Å². The molecule has 0 aromatic heterocycles. The largest absolute Gasteiger partial charge is 0.446 e. The zero-order valence-corrected chi connectivity index (χ0v) is 15.8. The predicted octanol–water partition coefficient (Wildman–Crippen LogP) is 5.34. The van der Waals surface area contributed by atoms with Crippen molar-refractivity contribution in [3.05, 3.63) is 51.7 Å². The van der Waals surface area contributed by atoms with Crippen LogP contribution >= 0.6 is 27.5 Å². The van der Waals surface area contributed by atoms with Gasteiger partial charge in [-0.15, -0.1) is 0 Å². The molecule has 136 valence electrons. The van der Waals surface area contributed by atoms with E-state index in [2.05, 4.69) is 42.9 Å². The number of rotatable bonds is 7. The fraction of sp³-hybridized carbons (Fsp3) is 0.250. The molecular weight excluding hydrogens is 420 g/mol. The molecule has 2 amide bonds. The number of hydrogen-bond donors (Lipinski definition) is 2. The third-order valence-electron chi connectivity index (χ3n) is 2.74. The number of nitrogens with zero attached hydrogens (tertiary/aromatic N) is 1. The molecule has 0 radical (unpaired) electrons. The van der Waals surface area contributed by atoms with Crippen LogP contribution in [0.25, 0.3) is 0 Å². The van der Waals surface area contributed by atoms with Gasteiger partial charge in [0.15, 0.2) is 0 Å². The normalized spacial score (nSPS) is 11.9. The molecule has 1 aromatic rings. The molecule has 1 aromatic carbocycles. The summed E-state index contributed by atoms with van der Waals surface area (Å²) in [6.45, 7) is 3.52. The lowest BCUT2D eigenvalue weighted by atomic mass is 10.2. The maximum atomic E-state index is 12.4. The summed E-state index contributed by atoms with van der Waals surface area (Å²) in [7, 11) is 0. The average molecular weight is 437 g/mol. The Kier molecular flexibility index (Phi) is 9.15. The molecule has 0 spiro atoms. The van der Waals surface area contributed by atoms with E-state index in [0.717, 1.165) is 4.47 Å². The SMILES string of the molecule is C=C(N=C(/C=C(\C)CCF)OCF)NC(=O)Nc1ccc(Br)cc1Cl. The lowest BCUT2D eigenvalue weighted by Gasteiger charge is -2.10. The van der Waals surface area contributed by atoms with Gasteiger partial charge in [-0.25, -0.2) is 9.18 Å². The fourth-order valence-electron chi connectivity index (χ4n) is 1.63. The summed E-state index contributed by atoms with van der Waals surface area (Å²) in [5, 5.41) is 5.22. The Labute approximate surface area is 157 Å². The summed E-state index contributed by atoms with van der Waals surface area (Å²) in [5.41, 5.74) is 0.992. The minimum absolute atomic E-state index is 0.0847. The second-order valence-corrected chi connectivity index (χ2v) is 6.11. The van der Waals surface area contributed by atoms with Crippen molar-refractivity contribution >= 4 is 45.1 Å². The highest BCUT2D eigenvalue weighted by Gasteiger charge is 2.08. The number of benzene rings is 1. The quantitative estimate of drug-likeness (QED) is 0.447. The van der Waals surface area contributed by atoms with Crippen LogP contribution in [-0.2, 0) is 4.74 Å². The van der Waals surface area contributed by atoms with Gasteiger partial charge in [0.05, 0.1) is 17.4 Å². The summed E-state index contributed by atoms with van der Waals surface area (Å²) in [6, 6.07) is 4.30. The van der Waals surface area contributed by atoms with Crippen molar-refractivity contribution < 1.29 is 18.3 Å². The second-order valence-electron chi connectivity index (χ2n) is 4.78. The number of alkyl halides is 2. The van der Waals surface area contributed by atoms with Crippen LogP contribution in [0.2, 0.25) is 5.02 Å². The van der Waals surface area contributed by atoms with Gasteiger partial charge in [0.2, 0.25) is 12.8 Å². The lowest BCUT2D eigenvalue weighted by molar-refractivity contribution is 0.181. The van der Waals surface area contributed by atoms with Gasteiger partial charge in [-0.2, -0.15) is 4.99 Å². The summed E-state index contributed by atoms with van der Waals surface area (Å²) < 4.78 is 30.1. The summed E-state index contributed by atoms with van der Waals surface area (Å²) in [4.78, 5) is 15.8. The molecule has 0 aliphatic heterocycles. The molecule has 9 heteroatoms. The van der Waals surface area contributed by atoms with Crippen molar-refractivity contribution in [3.8, 4) is 0 Å². The molecule has 0 saturated heterocycles. The lowest BCUT2D eigenvalue weighted by Crippen LogP contribution is -2.27. The van der Waals surface area contributed by atoms with E-state index in [1.807, 2.05) is 0 Å². The molecule has 0 fully saturated rings. The third kappa shape index (κ3) is 8.13. The molecule has 0 bridgehead atoms. The minimum atomic E-state index is -1.12. The first-order valence-corrected chi connectivity index (χ1v) is 8.25. The first kappa shape index (κ1) is 21.1. The number of halogens is 4. The zero-order valence-electron chi connectivity index (χ0n) is 13.4. The van der Waals surface area contributed by atoms with Gasteiger partial charge in [0.25, 0.3) is 0 Å². The number of anilines is 1. The molecule has 5 nitrogen and oxygen atoms in total. The third-order valence-corrected chi connectivity index (χ3v) is 3.55. The number of aliphatic imine (C=N–C) groups is 1. The van der Waals surface area contributed by atoms with Crippen molar-refractivity contribution in [1.82, 2.24) is 5.32 Å². The van der Waals surface area contributed by atoms with Crippen LogP contribution in [0.15, 0.2) is 51.7 Å². The van der Waals surface area contributed by atoms with E-state index in [1.165, 1.54) is 6.08 Å². The topological polar surface area (TPSA) is 62.7 Å². The van der Waals surface area contributed by atoms with Crippen molar-refractivity contribution in [3.63, 3.8) is 0 Å². The van der Waals surface area contributed by atoms with E-state index in [1.54, 1.807) is 25.1 Å². The van der Waals surface area contributed by atoms with Crippen LogP contribution in [0.4, 0.5) is 19.3 Å². The molecular formula is C16H17BrClF2N3O2. The van der Waals surface area contributed by atoms with E-state index in [4.69, 9.17) is 11.6 Å². The predicted molar refractivity (Wildman–Crippen MR) is 99.3 cm³/mol. The Balaban J connectivity index is 2.74. The number of allylic oxidation sites excluding steroid dienone is 1. The number of carbonyl (C=O) groups is 1. The molecule has 1 rings (SSSR count). The Bertz CT molecular complexity index is 696. The number of hydrogen-bond acceptors (Lipinski definition) is 3. The van der Waals surface area contributed by atoms with E-state index in [0.29, 0.717) is 16.3 Å². The average Bonchev–Trinajstić information content (AvgIpc) is 2.50. The Morgan fingerprint density at radius 3 is 2.80 bits per heavy atom. The second kappa shape index (κ2) is 10.8. The highest BCUT2D eigenvalue weighted by Crippen LogP contribution is 2.25. The van der Waals surface area contributed by atoms with Crippen molar-refractivity contribution in [2.75, 3.05) is 18.9 Å². The zero-order chi connectivity index (χ0) is 18.8. The maximum Gasteiger partial charge on any atom is 0.324 e. The van der Waals surface area contributed by atoms with Gasteiger partial charge >= 0.3 is 6.03 Å². The Morgan fingerprint density at radius 1 is 1.48 bits per heavy atom. The molecule has 0 unspecified atom stereocenters. The van der Waals surface area contributed by atoms with Crippen molar-refractivity contribution in [1.29, 1.82) is 0 Å². The highest BCUT2D eigenvalue weighted by atomic mass is 79.9. The van der Waals surface area contributed by atoms with Crippen LogP contribution in [0.5, 0.6) is 0 Å². The number of urea groups is 1. The van der Waals surface area contributed by atoms with E-state index >= 15 is 0 Å². The molecule has 0 saturated carbocycles. The Morgan fingerprint density at radius 2 is 2.20 bits per heavy atom. The van der Waals surface area contributed by atoms with Gasteiger partial charge in [-0.3, -0.25) is 9.71 Å². The number of nitrogens with one attached hydrogen (secondary N) is 2. The van der Waals surface area contributed by atoms with Gasteiger partial charge < -0.3 is 10.1 Å². The molecule has 0 aliphatic rings. The molecule has 2 N–H and O–H groups in total. The van der Waals surface area contributed by atoms with Crippen molar-refractivity contribution in [2.24, 2.45) is 4.99 Å². The smallest absolute Gasteiger partial charge is 0.324 e. The van der Waals surface area contributed by atoms with Crippen LogP contribution < -0.4 is 10.6 Å². The summed E-state index contributed by atoms with van der Waals surface area (Å²) in [5.74, 6) is -0.209. The molecule has 25 heavy (non-hydrogen) atoms. The molecule has 0 atom stereocenters. The van der Waals surface area contributed by atoms with Gasteiger partial charge in [0, 0.05) is 4.47 Å². The molecule has 0 aliphatic carbocycles. The van der Waals surface area contributed by atoms with Crippen LogP contribution in [0.3, 0.4) is 0 Å². The van der Waals surface area contributed by atoms with E-state index < -0.39 is 19.6 Å². The van der Waals surface area contributed by atoms with E-state index in [9.17, 15) is 13.6 Å². The van der Waals surface area contributed by atoms with Crippen molar-refractivity contribution in [2.45, 2.75) is 13.3 Å². The minimum Gasteiger partial charge on any atom is -0.446 e. The summed E-state index contributed by atoms with van der Waals surface area (Å²) in [6.07, 6.45) is 1.53. The molecule has 0 heterocycles. The van der Waals surface area contributed by atoms with Crippen LogP contribution in [0, 0.1) is 0 Å². The van der Waals surface area contributed by atoms with Crippen LogP contribution in [0.1, 0.15) is 13.3 Å². The van der Waals surface area contributed by atoms with E-state index in [-0.39, 0.29) is 18.1 Å². The summed E-state index contributed by atoms with van der Waals surface area (Å²) >= 11 is 9.26. The van der Waals surface area contributed by atoms with Crippen LogP contribution in [-0.4, -0.2) is 25.5 Å². The first-order valence-electron chi connectivity index (χ1n) is 7.08. The fourth-order valence-corrected chi connectivity index (χ4v) is 2.35.